The van der Waals surface area contributed by atoms with Crippen molar-refractivity contribution in [2.24, 2.45) is 0 Å². The molecule has 2 rings (SSSR count). The van der Waals surface area contributed by atoms with Crippen molar-refractivity contribution >= 4 is 39.5 Å². The molecule has 0 aliphatic heterocycles. The molecule has 0 unspecified atom stereocenters. The average molecular weight is 319 g/mol. The van der Waals surface area contributed by atoms with Gasteiger partial charge in [-0.1, -0.05) is 25.0 Å². The first-order chi connectivity index (χ1) is 8.99. The zero-order valence-corrected chi connectivity index (χ0v) is 12.7. The fourth-order valence-electron chi connectivity index (χ4n) is 2.35. The number of nitrogens with two attached hydrogens (primary N) is 1. The van der Waals surface area contributed by atoms with Crippen LogP contribution in [0.3, 0.4) is 0 Å². The lowest BCUT2D eigenvalue weighted by Crippen LogP contribution is -2.29. The van der Waals surface area contributed by atoms with Crippen LogP contribution >= 0.6 is 12.4 Å². The standard InChI is InChI=1S/C13H18N2O3S.ClH/c14-11-7-3-4-8-12(11)15-13(16)9-19(17,18)10-5-1-2-6-10;/h3-4,7-8,10H,1-2,5-6,9,14H2,(H,15,16);1H. The minimum absolute atomic E-state index is 0. The number of rotatable bonds is 4. The molecular weight excluding hydrogens is 300 g/mol. The average Bonchev–Trinajstić information content (AvgIpc) is 2.85. The van der Waals surface area contributed by atoms with Crippen molar-refractivity contribution in [1.29, 1.82) is 0 Å². The van der Waals surface area contributed by atoms with Crippen molar-refractivity contribution in [3.8, 4) is 0 Å². The van der Waals surface area contributed by atoms with Crippen LogP contribution in [0.15, 0.2) is 24.3 Å². The number of carbonyl (C=O) groups is 1. The van der Waals surface area contributed by atoms with E-state index in [4.69, 9.17) is 5.73 Å². The lowest BCUT2D eigenvalue weighted by Gasteiger charge is -2.12. The van der Waals surface area contributed by atoms with Crippen LogP contribution in [0.5, 0.6) is 0 Å². The molecule has 5 nitrogen and oxygen atoms in total. The molecule has 1 aliphatic carbocycles. The number of benzene rings is 1. The zero-order valence-electron chi connectivity index (χ0n) is 11.0. The van der Waals surface area contributed by atoms with Gasteiger partial charge >= 0.3 is 0 Å². The Labute approximate surface area is 125 Å². The Morgan fingerprint density at radius 1 is 1.25 bits per heavy atom. The summed E-state index contributed by atoms with van der Waals surface area (Å²) in [6, 6.07) is 6.79. The van der Waals surface area contributed by atoms with E-state index in [0.29, 0.717) is 24.2 Å². The van der Waals surface area contributed by atoms with Crippen molar-refractivity contribution in [3.05, 3.63) is 24.3 Å². The molecule has 1 aliphatic rings. The molecule has 0 spiro atoms. The second-order valence-corrected chi connectivity index (χ2v) is 7.13. The van der Waals surface area contributed by atoms with Crippen molar-refractivity contribution in [1.82, 2.24) is 0 Å². The van der Waals surface area contributed by atoms with Crippen LogP contribution in [-0.4, -0.2) is 25.3 Å². The maximum absolute atomic E-state index is 12.0. The van der Waals surface area contributed by atoms with Crippen LogP contribution in [0.4, 0.5) is 11.4 Å². The molecule has 1 fully saturated rings. The Bertz CT molecular complexity index is 569. The molecule has 0 heterocycles. The summed E-state index contributed by atoms with van der Waals surface area (Å²) in [7, 11) is -3.35. The molecular formula is C13H19ClN2O3S. The quantitative estimate of drug-likeness (QED) is 0.831. The predicted octanol–water partition coefficient (Wildman–Crippen LogP) is 1.99. The number of anilines is 2. The lowest BCUT2D eigenvalue weighted by atomic mass is 10.3. The molecule has 20 heavy (non-hydrogen) atoms. The summed E-state index contributed by atoms with van der Waals surface area (Å²) in [6.45, 7) is 0. The van der Waals surface area contributed by atoms with Gasteiger partial charge in [0, 0.05) is 0 Å². The number of carbonyl (C=O) groups excluding carboxylic acids is 1. The van der Waals surface area contributed by atoms with Crippen molar-refractivity contribution in [2.45, 2.75) is 30.9 Å². The third-order valence-electron chi connectivity index (χ3n) is 3.38. The molecule has 112 valence electrons. The summed E-state index contributed by atoms with van der Waals surface area (Å²) in [6.07, 6.45) is 3.19. The summed E-state index contributed by atoms with van der Waals surface area (Å²) in [5.74, 6) is -0.990. The van der Waals surface area contributed by atoms with Gasteiger partial charge in [0.2, 0.25) is 5.91 Å². The maximum atomic E-state index is 12.0. The molecule has 1 aromatic rings. The summed E-state index contributed by atoms with van der Waals surface area (Å²) < 4.78 is 24.1. The predicted molar refractivity (Wildman–Crippen MR) is 82.8 cm³/mol. The topological polar surface area (TPSA) is 89.3 Å². The van der Waals surface area contributed by atoms with E-state index in [1.54, 1.807) is 24.3 Å². The first-order valence-electron chi connectivity index (χ1n) is 6.35. The number of amides is 1. The van der Waals surface area contributed by atoms with Crippen LogP contribution < -0.4 is 11.1 Å². The van der Waals surface area contributed by atoms with Gasteiger partial charge in [-0.3, -0.25) is 4.79 Å². The monoisotopic (exact) mass is 318 g/mol. The van der Waals surface area contributed by atoms with Gasteiger partial charge in [-0.05, 0) is 25.0 Å². The van der Waals surface area contributed by atoms with Crippen LogP contribution in [0.1, 0.15) is 25.7 Å². The summed E-state index contributed by atoms with van der Waals surface area (Å²) >= 11 is 0. The van der Waals surface area contributed by atoms with E-state index in [2.05, 4.69) is 5.32 Å². The number of hydrogen-bond acceptors (Lipinski definition) is 4. The van der Waals surface area contributed by atoms with E-state index in [-0.39, 0.29) is 17.7 Å². The van der Waals surface area contributed by atoms with Crippen LogP contribution in [0.25, 0.3) is 0 Å². The second-order valence-electron chi connectivity index (χ2n) is 4.85. The molecule has 3 N–H and O–H groups in total. The van der Waals surface area contributed by atoms with E-state index in [1.165, 1.54) is 0 Å². The first kappa shape index (κ1) is 16.8. The minimum atomic E-state index is -3.35. The summed E-state index contributed by atoms with van der Waals surface area (Å²) in [5, 5.41) is 2.19. The Kier molecular flexibility index (Phi) is 5.83. The van der Waals surface area contributed by atoms with Crippen molar-refractivity contribution < 1.29 is 13.2 Å². The van der Waals surface area contributed by atoms with Crippen molar-refractivity contribution in [2.75, 3.05) is 16.8 Å². The number of nitrogen functional groups attached to an aromatic ring is 1. The lowest BCUT2D eigenvalue weighted by molar-refractivity contribution is -0.113. The number of para-hydroxylation sites is 2. The van der Waals surface area contributed by atoms with Gasteiger partial charge < -0.3 is 11.1 Å². The Balaban J connectivity index is 0.00000200. The SMILES string of the molecule is Cl.Nc1ccccc1NC(=O)CS(=O)(=O)C1CCCC1. The molecule has 0 bridgehead atoms. The normalized spacial score (nSPS) is 15.6. The van der Waals surface area contributed by atoms with Crippen LogP contribution in [0.2, 0.25) is 0 Å². The van der Waals surface area contributed by atoms with E-state index in [0.717, 1.165) is 12.8 Å². The highest BCUT2D eigenvalue weighted by atomic mass is 35.5. The number of nitrogens with one attached hydrogen (secondary N) is 1. The molecule has 0 aromatic heterocycles. The molecule has 7 heteroatoms. The Hall–Kier alpha value is -1.27. The van der Waals surface area contributed by atoms with E-state index in [1.807, 2.05) is 0 Å². The molecule has 1 amide bonds. The molecule has 1 aromatic carbocycles. The number of sulfone groups is 1. The van der Waals surface area contributed by atoms with Crippen LogP contribution in [-0.2, 0) is 14.6 Å². The minimum Gasteiger partial charge on any atom is -0.397 e. The number of halogens is 1. The Morgan fingerprint density at radius 2 is 1.85 bits per heavy atom. The highest BCUT2D eigenvalue weighted by Crippen LogP contribution is 2.25. The molecule has 0 saturated heterocycles. The summed E-state index contributed by atoms with van der Waals surface area (Å²) in [4.78, 5) is 11.8. The number of hydrogen-bond donors (Lipinski definition) is 2. The Morgan fingerprint density at radius 3 is 2.45 bits per heavy atom. The van der Waals surface area contributed by atoms with Crippen molar-refractivity contribution in [3.63, 3.8) is 0 Å². The molecule has 1 saturated carbocycles. The van der Waals surface area contributed by atoms with E-state index in [9.17, 15) is 13.2 Å². The largest absolute Gasteiger partial charge is 0.397 e. The highest BCUT2D eigenvalue weighted by Gasteiger charge is 2.30. The maximum Gasteiger partial charge on any atom is 0.239 e. The van der Waals surface area contributed by atoms with Gasteiger partial charge in [0.05, 0.1) is 16.6 Å². The van der Waals surface area contributed by atoms with Gasteiger partial charge in [-0.15, -0.1) is 12.4 Å². The van der Waals surface area contributed by atoms with Gasteiger partial charge in [0.15, 0.2) is 9.84 Å². The van der Waals surface area contributed by atoms with Gasteiger partial charge in [0.1, 0.15) is 5.75 Å². The van der Waals surface area contributed by atoms with E-state index < -0.39 is 21.5 Å². The van der Waals surface area contributed by atoms with E-state index >= 15 is 0 Å². The zero-order chi connectivity index (χ0) is 13.9. The molecule has 0 atom stereocenters. The van der Waals surface area contributed by atoms with Crippen LogP contribution in [0, 0.1) is 0 Å². The fourth-order valence-corrected chi connectivity index (χ4v) is 4.07. The third kappa shape index (κ3) is 4.11. The van der Waals surface area contributed by atoms with Gasteiger partial charge in [-0.25, -0.2) is 8.42 Å². The molecule has 0 radical (unpaired) electrons. The summed E-state index contributed by atoms with van der Waals surface area (Å²) in [5.41, 5.74) is 6.57. The smallest absolute Gasteiger partial charge is 0.239 e. The van der Waals surface area contributed by atoms with Gasteiger partial charge in [-0.2, -0.15) is 0 Å². The second kappa shape index (κ2) is 6.95. The first-order valence-corrected chi connectivity index (χ1v) is 8.06. The fraction of sp³-hybridized carbons (Fsp3) is 0.462. The highest BCUT2D eigenvalue weighted by molar-refractivity contribution is 7.92. The van der Waals surface area contributed by atoms with Gasteiger partial charge in [0.25, 0.3) is 0 Å². The third-order valence-corrected chi connectivity index (χ3v) is 5.53.